The number of hydrogen-bond acceptors (Lipinski definition) is 5. The normalized spacial score (nSPS) is 12.2. The fourth-order valence-electron chi connectivity index (χ4n) is 3.72. The number of aryl methyl sites for hydroxylation is 2. The molecule has 0 aromatic heterocycles. The lowest BCUT2D eigenvalue weighted by Gasteiger charge is -2.24. The third-order valence-corrected chi connectivity index (χ3v) is 6.41. The van der Waals surface area contributed by atoms with Crippen LogP contribution in [0.25, 0.3) is 0 Å². The minimum atomic E-state index is -3.46. The molecule has 0 saturated heterocycles. The predicted octanol–water partition coefficient (Wildman–Crippen LogP) is 4.13. The van der Waals surface area contributed by atoms with Crippen molar-refractivity contribution in [1.29, 1.82) is 0 Å². The molecule has 0 spiro atoms. The van der Waals surface area contributed by atoms with Gasteiger partial charge in [0.1, 0.15) is 0 Å². The Labute approximate surface area is 191 Å². The minimum absolute atomic E-state index is 0.125. The molecular weight excluding hydrogens is 428 g/mol. The number of nitrogens with one attached hydrogen (secondary N) is 1. The number of amides is 1. The monoisotopic (exact) mass is 462 g/mol. The molecule has 7 nitrogen and oxygen atoms in total. The highest BCUT2D eigenvalue weighted by atomic mass is 32.2. The van der Waals surface area contributed by atoms with Gasteiger partial charge in [-0.15, -0.1) is 0 Å². The third-order valence-electron chi connectivity index (χ3n) is 5.21. The summed E-state index contributed by atoms with van der Waals surface area (Å²) in [5, 5.41) is 3.04. The zero-order valence-corrected chi connectivity index (χ0v) is 20.6. The molecule has 0 saturated carbocycles. The van der Waals surface area contributed by atoms with Crippen LogP contribution >= 0.6 is 0 Å². The maximum absolute atomic E-state index is 12.6. The van der Waals surface area contributed by atoms with Crippen molar-refractivity contribution in [2.45, 2.75) is 46.1 Å². The number of nitrogens with zero attached hydrogens (tertiary/aromatic N) is 1. The van der Waals surface area contributed by atoms with Gasteiger partial charge in [0.15, 0.2) is 11.5 Å². The van der Waals surface area contributed by atoms with E-state index in [0.29, 0.717) is 30.0 Å². The van der Waals surface area contributed by atoms with E-state index in [2.05, 4.69) is 5.32 Å². The molecule has 2 aromatic rings. The van der Waals surface area contributed by atoms with Crippen molar-refractivity contribution in [3.05, 3.63) is 53.1 Å². The van der Waals surface area contributed by atoms with E-state index >= 15 is 0 Å². The van der Waals surface area contributed by atoms with Gasteiger partial charge >= 0.3 is 0 Å². The molecule has 32 heavy (non-hydrogen) atoms. The van der Waals surface area contributed by atoms with Crippen molar-refractivity contribution in [2.24, 2.45) is 0 Å². The zero-order valence-electron chi connectivity index (χ0n) is 19.8. The average molecular weight is 463 g/mol. The topological polar surface area (TPSA) is 84.9 Å². The number of hydrogen-bond donors (Lipinski definition) is 1. The molecule has 0 fully saturated rings. The maximum Gasteiger partial charge on any atom is 0.232 e. The lowest BCUT2D eigenvalue weighted by Crippen LogP contribution is -2.33. The second-order valence-electron chi connectivity index (χ2n) is 7.93. The maximum atomic E-state index is 12.6. The van der Waals surface area contributed by atoms with E-state index in [4.69, 9.17) is 9.47 Å². The van der Waals surface area contributed by atoms with Crippen LogP contribution in [0.3, 0.4) is 0 Å². The van der Waals surface area contributed by atoms with E-state index in [1.807, 2.05) is 57.2 Å². The molecule has 176 valence electrons. The number of carbonyl (C=O) groups excluding carboxylic acids is 1. The van der Waals surface area contributed by atoms with E-state index in [1.54, 1.807) is 14.2 Å². The Morgan fingerprint density at radius 1 is 1.03 bits per heavy atom. The number of sulfonamides is 1. The first kappa shape index (κ1) is 25.5. The lowest BCUT2D eigenvalue weighted by molar-refractivity contribution is -0.121. The molecule has 8 heteroatoms. The third kappa shape index (κ3) is 6.88. The van der Waals surface area contributed by atoms with Crippen molar-refractivity contribution in [1.82, 2.24) is 5.32 Å². The predicted molar refractivity (Wildman–Crippen MR) is 128 cm³/mol. The van der Waals surface area contributed by atoms with Crippen molar-refractivity contribution in [3.63, 3.8) is 0 Å². The summed E-state index contributed by atoms with van der Waals surface area (Å²) in [7, 11) is -0.307. The number of rotatable bonds is 11. The van der Waals surface area contributed by atoms with Gasteiger partial charge < -0.3 is 14.8 Å². The molecule has 0 aliphatic heterocycles. The van der Waals surface area contributed by atoms with Crippen LogP contribution in [-0.4, -0.2) is 41.3 Å². The average Bonchev–Trinajstić information content (AvgIpc) is 2.72. The standard InChI is InChI=1S/C24H34N2O5S/c1-7-21(19-10-11-22(30-4)23(16-19)31-5)25-24(27)9-8-12-26(32(6,28)29)20-14-17(2)13-18(3)15-20/h10-11,13-16,21H,7-9,12H2,1-6H3,(H,25,27)/t21-/m0/s1. The lowest BCUT2D eigenvalue weighted by atomic mass is 10.0. The van der Waals surface area contributed by atoms with Crippen molar-refractivity contribution < 1.29 is 22.7 Å². The Balaban J connectivity index is 2.04. The molecule has 0 heterocycles. The Morgan fingerprint density at radius 2 is 1.66 bits per heavy atom. The summed E-state index contributed by atoms with van der Waals surface area (Å²) in [6.45, 7) is 6.10. The van der Waals surface area contributed by atoms with Gasteiger partial charge in [-0.05, 0) is 67.6 Å². The van der Waals surface area contributed by atoms with Crippen LogP contribution in [0.2, 0.25) is 0 Å². The quantitative estimate of drug-likeness (QED) is 0.543. The van der Waals surface area contributed by atoms with Gasteiger partial charge in [-0.1, -0.05) is 19.1 Å². The highest BCUT2D eigenvalue weighted by Gasteiger charge is 2.19. The Hall–Kier alpha value is -2.74. The molecule has 0 aliphatic rings. The first-order chi connectivity index (χ1) is 15.1. The first-order valence-corrected chi connectivity index (χ1v) is 12.5. The smallest absolute Gasteiger partial charge is 0.232 e. The second kappa shape index (κ2) is 11.2. The summed E-state index contributed by atoms with van der Waals surface area (Å²) in [5.41, 5.74) is 3.54. The minimum Gasteiger partial charge on any atom is -0.493 e. The van der Waals surface area contributed by atoms with Crippen LogP contribution in [0.5, 0.6) is 11.5 Å². The number of ether oxygens (including phenoxy) is 2. The van der Waals surface area contributed by atoms with E-state index < -0.39 is 10.0 Å². The summed E-state index contributed by atoms with van der Waals surface area (Å²) < 4.78 is 36.7. The number of benzene rings is 2. The summed E-state index contributed by atoms with van der Waals surface area (Å²) in [6, 6.07) is 11.1. The molecule has 1 N–H and O–H groups in total. The van der Waals surface area contributed by atoms with Gasteiger partial charge in [-0.3, -0.25) is 9.10 Å². The Kier molecular flexibility index (Phi) is 8.95. The Morgan fingerprint density at radius 3 is 2.19 bits per heavy atom. The van der Waals surface area contributed by atoms with Crippen LogP contribution in [0, 0.1) is 13.8 Å². The van der Waals surface area contributed by atoms with Gasteiger partial charge in [0, 0.05) is 13.0 Å². The van der Waals surface area contributed by atoms with Crippen LogP contribution < -0.4 is 19.1 Å². The second-order valence-corrected chi connectivity index (χ2v) is 9.83. The molecular formula is C24H34N2O5S. The Bertz CT molecular complexity index is 1020. The molecule has 1 amide bonds. The van der Waals surface area contributed by atoms with E-state index in [1.165, 1.54) is 10.6 Å². The van der Waals surface area contributed by atoms with Crippen LogP contribution in [-0.2, 0) is 14.8 Å². The molecule has 0 unspecified atom stereocenters. The van der Waals surface area contributed by atoms with Crippen LogP contribution in [0.4, 0.5) is 5.69 Å². The summed E-state index contributed by atoms with van der Waals surface area (Å²) >= 11 is 0. The molecule has 0 radical (unpaired) electrons. The van der Waals surface area contributed by atoms with E-state index in [9.17, 15) is 13.2 Å². The van der Waals surface area contributed by atoms with Gasteiger partial charge in [-0.25, -0.2) is 8.42 Å². The van der Waals surface area contributed by atoms with Crippen molar-refractivity contribution in [3.8, 4) is 11.5 Å². The van der Waals surface area contributed by atoms with E-state index in [0.717, 1.165) is 16.7 Å². The summed E-state index contributed by atoms with van der Waals surface area (Å²) in [6.07, 6.45) is 2.53. The fraction of sp³-hybridized carbons (Fsp3) is 0.458. The van der Waals surface area contributed by atoms with Gasteiger partial charge in [-0.2, -0.15) is 0 Å². The van der Waals surface area contributed by atoms with Gasteiger partial charge in [0.05, 0.1) is 32.2 Å². The number of carbonyl (C=O) groups is 1. The van der Waals surface area contributed by atoms with Crippen LogP contribution in [0.1, 0.15) is 48.9 Å². The molecule has 1 atom stereocenters. The molecule has 2 aromatic carbocycles. The summed E-state index contributed by atoms with van der Waals surface area (Å²) in [5.74, 6) is 1.11. The zero-order chi connectivity index (χ0) is 23.9. The SMILES string of the molecule is CC[C@H](NC(=O)CCCN(c1cc(C)cc(C)c1)S(C)(=O)=O)c1ccc(OC)c(OC)c1. The highest BCUT2D eigenvalue weighted by Crippen LogP contribution is 2.31. The van der Waals surface area contributed by atoms with Crippen LogP contribution in [0.15, 0.2) is 36.4 Å². The molecule has 2 rings (SSSR count). The van der Waals surface area contributed by atoms with Gasteiger partial charge in [0.2, 0.25) is 15.9 Å². The molecule has 0 aliphatic carbocycles. The van der Waals surface area contributed by atoms with Crippen molar-refractivity contribution in [2.75, 3.05) is 31.3 Å². The first-order valence-electron chi connectivity index (χ1n) is 10.7. The van der Waals surface area contributed by atoms with Gasteiger partial charge in [0.25, 0.3) is 0 Å². The molecule has 0 bridgehead atoms. The largest absolute Gasteiger partial charge is 0.493 e. The van der Waals surface area contributed by atoms with E-state index in [-0.39, 0.29) is 24.9 Å². The fourth-order valence-corrected chi connectivity index (χ4v) is 4.67. The number of anilines is 1. The van der Waals surface area contributed by atoms with Crippen molar-refractivity contribution >= 4 is 21.6 Å². The summed E-state index contributed by atoms with van der Waals surface area (Å²) in [4.78, 5) is 12.6. The highest BCUT2D eigenvalue weighted by molar-refractivity contribution is 7.92. The number of methoxy groups -OCH3 is 2.